The normalized spacial score (nSPS) is 15.0. The van der Waals surface area contributed by atoms with Crippen LogP contribution in [0.2, 0.25) is 0 Å². The largest absolute Gasteiger partial charge is 0.484 e. The summed E-state index contributed by atoms with van der Waals surface area (Å²) in [6, 6.07) is 5.51. The van der Waals surface area contributed by atoms with Crippen molar-refractivity contribution < 1.29 is 14.3 Å². The molecule has 0 saturated carbocycles. The zero-order valence-electron chi connectivity index (χ0n) is 13.9. The molecule has 1 aliphatic rings. The molecule has 0 radical (unpaired) electrons. The highest BCUT2D eigenvalue weighted by Crippen LogP contribution is 2.29. The van der Waals surface area contributed by atoms with Crippen molar-refractivity contribution in [3.8, 4) is 5.75 Å². The van der Waals surface area contributed by atoms with Crippen LogP contribution in [-0.4, -0.2) is 58.3 Å². The number of benzene rings is 1. The zero-order valence-corrected chi connectivity index (χ0v) is 13.9. The molecule has 130 valence electrons. The Morgan fingerprint density at radius 3 is 2.96 bits per heavy atom. The molecule has 0 spiro atoms. The Bertz CT molecular complexity index is 946. The van der Waals surface area contributed by atoms with Gasteiger partial charge < -0.3 is 24.7 Å². The van der Waals surface area contributed by atoms with Crippen LogP contribution < -0.4 is 10.5 Å². The van der Waals surface area contributed by atoms with Crippen LogP contribution in [0.4, 0.5) is 5.82 Å². The van der Waals surface area contributed by atoms with E-state index in [1.165, 1.54) is 0 Å². The van der Waals surface area contributed by atoms with Crippen LogP contribution in [0.3, 0.4) is 0 Å². The molecule has 4 rings (SSSR count). The Morgan fingerprint density at radius 2 is 2.16 bits per heavy atom. The second-order valence-electron chi connectivity index (χ2n) is 6.01. The van der Waals surface area contributed by atoms with Gasteiger partial charge in [-0.05, 0) is 18.2 Å². The molecule has 1 saturated heterocycles. The Hall–Kier alpha value is -2.87. The molecular formula is C17H19N5O3. The number of aryl methyl sites for hydroxylation is 1. The number of carbonyl (C=O) groups is 1. The number of nitrogens with two attached hydrogens (primary N) is 1. The van der Waals surface area contributed by atoms with Crippen LogP contribution in [0.25, 0.3) is 21.9 Å². The van der Waals surface area contributed by atoms with Crippen molar-refractivity contribution in [3.63, 3.8) is 0 Å². The van der Waals surface area contributed by atoms with Crippen molar-refractivity contribution >= 4 is 33.7 Å². The molecule has 1 aromatic carbocycles. The maximum atomic E-state index is 12.2. The highest BCUT2D eigenvalue weighted by Gasteiger charge is 2.17. The maximum absolute atomic E-state index is 12.2. The Kier molecular flexibility index (Phi) is 3.89. The van der Waals surface area contributed by atoms with E-state index in [2.05, 4.69) is 9.97 Å². The van der Waals surface area contributed by atoms with E-state index >= 15 is 0 Å². The van der Waals surface area contributed by atoms with Gasteiger partial charge in [0.2, 0.25) is 0 Å². The van der Waals surface area contributed by atoms with Gasteiger partial charge in [0.25, 0.3) is 5.91 Å². The second-order valence-corrected chi connectivity index (χ2v) is 6.01. The SMILES string of the molecule is Cn1cnc2c(N)nc3ccc(OCC(=O)N4CCOCC4)cc3c21. The fourth-order valence-electron chi connectivity index (χ4n) is 3.06. The molecule has 25 heavy (non-hydrogen) atoms. The molecule has 8 heteroatoms. The van der Waals surface area contributed by atoms with Crippen molar-refractivity contribution in [2.45, 2.75) is 0 Å². The van der Waals surface area contributed by atoms with Crippen molar-refractivity contribution in [2.24, 2.45) is 7.05 Å². The minimum atomic E-state index is -0.0375. The summed E-state index contributed by atoms with van der Waals surface area (Å²) >= 11 is 0. The zero-order chi connectivity index (χ0) is 17.4. The third-order valence-corrected chi connectivity index (χ3v) is 4.37. The molecule has 3 heterocycles. The van der Waals surface area contributed by atoms with E-state index in [-0.39, 0.29) is 12.5 Å². The smallest absolute Gasteiger partial charge is 0.260 e. The fraction of sp³-hybridized carbons (Fsp3) is 0.353. The monoisotopic (exact) mass is 341 g/mol. The van der Waals surface area contributed by atoms with Crippen LogP contribution in [0.15, 0.2) is 24.5 Å². The summed E-state index contributed by atoms with van der Waals surface area (Å²) in [4.78, 5) is 22.6. The van der Waals surface area contributed by atoms with Crippen LogP contribution in [0.1, 0.15) is 0 Å². The first-order valence-corrected chi connectivity index (χ1v) is 8.12. The first kappa shape index (κ1) is 15.6. The lowest BCUT2D eigenvalue weighted by Crippen LogP contribution is -2.42. The average Bonchev–Trinajstić information content (AvgIpc) is 3.03. The number of ether oxygens (including phenoxy) is 2. The van der Waals surface area contributed by atoms with Crippen molar-refractivity contribution in [2.75, 3.05) is 38.6 Å². The summed E-state index contributed by atoms with van der Waals surface area (Å²) in [5, 5.41) is 0.889. The summed E-state index contributed by atoms with van der Waals surface area (Å²) in [6.45, 7) is 2.38. The number of fused-ring (bicyclic) bond motifs is 3. The minimum absolute atomic E-state index is 0.00242. The number of imidazole rings is 1. The summed E-state index contributed by atoms with van der Waals surface area (Å²) in [7, 11) is 1.91. The number of anilines is 1. The number of nitrogens with zero attached hydrogens (tertiary/aromatic N) is 4. The Labute approximate surface area is 144 Å². The summed E-state index contributed by atoms with van der Waals surface area (Å²) in [6.07, 6.45) is 1.71. The molecule has 1 amide bonds. The first-order valence-electron chi connectivity index (χ1n) is 8.12. The van der Waals surface area contributed by atoms with Crippen molar-refractivity contribution in [1.29, 1.82) is 0 Å². The summed E-state index contributed by atoms with van der Waals surface area (Å²) in [5.74, 6) is 0.979. The quantitative estimate of drug-likeness (QED) is 0.762. The van der Waals surface area contributed by atoms with Crippen LogP contribution in [-0.2, 0) is 16.6 Å². The van der Waals surface area contributed by atoms with Gasteiger partial charge in [-0.15, -0.1) is 0 Å². The van der Waals surface area contributed by atoms with E-state index in [1.807, 2.05) is 23.7 Å². The molecule has 2 aromatic heterocycles. The number of hydrogen-bond acceptors (Lipinski definition) is 6. The third-order valence-electron chi connectivity index (χ3n) is 4.37. The lowest BCUT2D eigenvalue weighted by molar-refractivity contribution is -0.137. The van der Waals surface area contributed by atoms with E-state index in [4.69, 9.17) is 15.2 Å². The molecule has 0 bridgehead atoms. The number of nitrogen functional groups attached to an aromatic ring is 1. The maximum Gasteiger partial charge on any atom is 0.260 e. The first-order chi connectivity index (χ1) is 12.1. The predicted molar refractivity (Wildman–Crippen MR) is 93.3 cm³/mol. The average molecular weight is 341 g/mol. The van der Waals surface area contributed by atoms with Gasteiger partial charge in [0.05, 0.1) is 30.6 Å². The number of aromatic nitrogens is 3. The highest BCUT2D eigenvalue weighted by molar-refractivity contribution is 6.06. The van der Waals surface area contributed by atoms with Gasteiger partial charge in [0.15, 0.2) is 12.4 Å². The predicted octanol–water partition coefficient (Wildman–Crippen LogP) is 0.941. The van der Waals surface area contributed by atoms with Gasteiger partial charge in [-0.3, -0.25) is 4.79 Å². The third kappa shape index (κ3) is 2.85. The summed E-state index contributed by atoms with van der Waals surface area (Å²) in [5.41, 5.74) is 8.30. The number of carbonyl (C=O) groups excluding carboxylic acids is 1. The molecule has 8 nitrogen and oxygen atoms in total. The number of morpholine rings is 1. The molecule has 2 N–H and O–H groups in total. The lowest BCUT2D eigenvalue weighted by atomic mass is 10.1. The van der Waals surface area contributed by atoms with Crippen molar-refractivity contribution in [3.05, 3.63) is 24.5 Å². The van der Waals surface area contributed by atoms with Gasteiger partial charge in [-0.25, -0.2) is 9.97 Å². The summed E-state index contributed by atoms with van der Waals surface area (Å²) < 4.78 is 12.9. The highest BCUT2D eigenvalue weighted by atomic mass is 16.5. The molecular weight excluding hydrogens is 322 g/mol. The van der Waals surface area contributed by atoms with E-state index in [1.54, 1.807) is 17.3 Å². The van der Waals surface area contributed by atoms with E-state index in [0.29, 0.717) is 43.4 Å². The van der Waals surface area contributed by atoms with Crippen LogP contribution >= 0.6 is 0 Å². The van der Waals surface area contributed by atoms with Gasteiger partial charge in [0.1, 0.15) is 11.3 Å². The van der Waals surface area contributed by atoms with Crippen molar-refractivity contribution in [1.82, 2.24) is 19.4 Å². The molecule has 0 atom stereocenters. The second kappa shape index (κ2) is 6.21. The van der Waals surface area contributed by atoms with Gasteiger partial charge >= 0.3 is 0 Å². The molecule has 0 unspecified atom stereocenters. The molecule has 1 fully saturated rings. The number of hydrogen-bond donors (Lipinski definition) is 1. The van der Waals surface area contributed by atoms with Gasteiger partial charge in [-0.2, -0.15) is 0 Å². The number of amides is 1. The topological polar surface area (TPSA) is 95.5 Å². The fourth-order valence-corrected chi connectivity index (χ4v) is 3.06. The Balaban J connectivity index is 1.60. The van der Waals surface area contributed by atoms with Crippen LogP contribution in [0, 0.1) is 0 Å². The van der Waals surface area contributed by atoms with E-state index in [9.17, 15) is 4.79 Å². The standard InChI is InChI=1S/C17H19N5O3/c1-21-10-19-15-16(21)12-8-11(2-3-13(12)20-17(15)18)25-9-14(23)22-4-6-24-7-5-22/h2-3,8,10H,4-7,9H2,1H3,(H2,18,20). The number of rotatable bonds is 3. The Morgan fingerprint density at radius 1 is 1.36 bits per heavy atom. The molecule has 3 aromatic rings. The number of pyridine rings is 1. The van der Waals surface area contributed by atoms with E-state index in [0.717, 1.165) is 16.4 Å². The van der Waals surface area contributed by atoms with E-state index < -0.39 is 0 Å². The minimum Gasteiger partial charge on any atom is -0.484 e. The van der Waals surface area contributed by atoms with Crippen LogP contribution in [0.5, 0.6) is 5.75 Å². The van der Waals surface area contributed by atoms with Gasteiger partial charge in [0, 0.05) is 25.5 Å². The molecule has 0 aliphatic carbocycles. The molecule has 1 aliphatic heterocycles. The van der Waals surface area contributed by atoms with Gasteiger partial charge in [-0.1, -0.05) is 0 Å². The lowest BCUT2D eigenvalue weighted by Gasteiger charge is -2.26.